The lowest BCUT2D eigenvalue weighted by Crippen LogP contribution is -2.30. The molecule has 0 aliphatic rings. The Morgan fingerprint density at radius 1 is 0.312 bits per heavy atom. The molecular weight excluding hydrogens is 793 g/mol. The van der Waals surface area contributed by atoms with Gasteiger partial charge in [0.2, 0.25) is 0 Å². The Balaban J connectivity index is 4.37. The van der Waals surface area contributed by atoms with Gasteiger partial charge in [-0.25, -0.2) is 0 Å². The quantitative estimate of drug-likeness (QED) is 0.0262. The van der Waals surface area contributed by atoms with Crippen molar-refractivity contribution < 1.29 is 28.6 Å². The number of hydrogen-bond acceptors (Lipinski definition) is 6. The Morgan fingerprint density at radius 2 is 0.594 bits per heavy atom. The monoisotopic (exact) mass is 893 g/mol. The topological polar surface area (TPSA) is 78.9 Å². The number of hydrogen-bond donors (Lipinski definition) is 0. The number of esters is 3. The first-order valence-electron chi connectivity index (χ1n) is 26.9. The van der Waals surface area contributed by atoms with Gasteiger partial charge in [-0.1, -0.05) is 203 Å². The van der Waals surface area contributed by atoms with Crippen LogP contribution in [0.5, 0.6) is 0 Å². The van der Waals surface area contributed by atoms with E-state index in [0.717, 1.165) is 116 Å². The number of unbranched alkanes of at least 4 members (excludes halogenated alkanes) is 25. The summed E-state index contributed by atoms with van der Waals surface area (Å²) in [7, 11) is 0. The molecule has 6 nitrogen and oxygen atoms in total. The van der Waals surface area contributed by atoms with Gasteiger partial charge < -0.3 is 14.2 Å². The van der Waals surface area contributed by atoms with E-state index in [1.165, 1.54) is 103 Å². The summed E-state index contributed by atoms with van der Waals surface area (Å²) in [6.07, 6.45) is 66.0. The van der Waals surface area contributed by atoms with Crippen LogP contribution in [0.1, 0.15) is 258 Å². The summed E-state index contributed by atoms with van der Waals surface area (Å²) in [5, 5.41) is 0. The number of rotatable bonds is 48. The molecular formula is C58H100O6. The van der Waals surface area contributed by atoms with Crippen LogP contribution in [-0.4, -0.2) is 37.2 Å². The fourth-order valence-electron chi connectivity index (χ4n) is 7.30. The minimum Gasteiger partial charge on any atom is -0.462 e. The third-order valence-electron chi connectivity index (χ3n) is 11.4. The van der Waals surface area contributed by atoms with Crippen molar-refractivity contribution in [1.82, 2.24) is 0 Å². The Morgan fingerprint density at radius 3 is 0.984 bits per heavy atom. The second-order valence-corrected chi connectivity index (χ2v) is 17.8. The van der Waals surface area contributed by atoms with Crippen molar-refractivity contribution in [3.05, 3.63) is 72.9 Å². The second kappa shape index (κ2) is 52.5. The van der Waals surface area contributed by atoms with E-state index < -0.39 is 6.10 Å². The smallest absolute Gasteiger partial charge is 0.306 e. The third-order valence-corrected chi connectivity index (χ3v) is 11.4. The summed E-state index contributed by atoms with van der Waals surface area (Å²) in [4.78, 5) is 38.0. The molecule has 0 radical (unpaired) electrons. The molecule has 0 amide bonds. The first-order chi connectivity index (χ1) is 31.5. The number of ether oxygens (including phenoxy) is 3. The van der Waals surface area contributed by atoms with Gasteiger partial charge in [0.1, 0.15) is 13.2 Å². The molecule has 0 rings (SSSR count). The number of allylic oxidation sites excluding steroid dienone is 12. The average Bonchev–Trinajstić information content (AvgIpc) is 3.29. The number of carbonyl (C=O) groups is 3. The van der Waals surface area contributed by atoms with Gasteiger partial charge in [0.05, 0.1) is 0 Å². The van der Waals surface area contributed by atoms with E-state index in [9.17, 15) is 14.4 Å². The van der Waals surface area contributed by atoms with Crippen molar-refractivity contribution >= 4 is 17.9 Å². The van der Waals surface area contributed by atoms with Crippen LogP contribution in [0.25, 0.3) is 0 Å². The summed E-state index contributed by atoms with van der Waals surface area (Å²) in [6.45, 7) is 6.51. The highest BCUT2D eigenvalue weighted by molar-refractivity contribution is 5.71. The first-order valence-corrected chi connectivity index (χ1v) is 26.9. The van der Waals surface area contributed by atoms with Gasteiger partial charge in [0.15, 0.2) is 6.10 Å². The maximum Gasteiger partial charge on any atom is 0.306 e. The summed E-state index contributed by atoms with van der Waals surface area (Å²) < 4.78 is 16.8. The highest BCUT2D eigenvalue weighted by Crippen LogP contribution is 2.14. The van der Waals surface area contributed by atoms with Crippen LogP contribution in [0.4, 0.5) is 0 Å². The summed E-state index contributed by atoms with van der Waals surface area (Å²) in [5.41, 5.74) is 0. The van der Waals surface area contributed by atoms with Crippen LogP contribution in [0.15, 0.2) is 72.9 Å². The van der Waals surface area contributed by atoms with Gasteiger partial charge in [-0.05, 0) is 109 Å². The standard InChI is InChI=1S/C58H100O6/c1-4-7-10-13-16-19-22-25-26-27-28-29-30-31-32-34-36-39-42-45-48-51-57(60)63-54-55(53-62-56(59)50-47-44-41-38-35-24-21-18-15-12-9-6-3)64-58(61)52-49-46-43-40-37-33-23-20-17-14-11-8-5-2/h11,14,18,20-23,25,27-28,30-31,55H,4-10,12-13,15-17,19,24,26,29,32-54H2,1-3H3/b14-11-,21-18-,23-20-,25-22-,28-27-,31-30-. The minimum absolute atomic E-state index is 0.0901. The molecule has 1 unspecified atom stereocenters. The molecule has 0 saturated carbocycles. The maximum atomic E-state index is 12.8. The van der Waals surface area contributed by atoms with Crippen molar-refractivity contribution in [3.8, 4) is 0 Å². The zero-order chi connectivity index (χ0) is 46.5. The van der Waals surface area contributed by atoms with Crippen molar-refractivity contribution in [2.24, 2.45) is 0 Å². The van der Waals surface area contributed by atoms with Gasteiger partial charge >= 0.3 is 17.9 Å². The van der Waals surface area contributed by atoms with Gasteiger partial charge in [-0.2, -0.15) is 0 Å². The molecule has 0 aliphatic carbocycles. The molecule has 6 heteroatoms. The Kier molecular flexibility index (Phi) is 49.9. The van der Waals surface area contributed by atoms with Crippen LogP contribution < -0.4 is 0 Å². The zero-order valence-electron chi connectivity index (χ0n) is 42.0. The Bertz CT molecular complexity index is 1210. The van der Waals surface area contributed by atoms with E-state index in [0.29, 0.717) is 19.3 Å². The lowest BCUT2D eigenvalue weighted by atomic mass is 10.1. The highest BCUT2D eigenvalue weighted by Gasteiger charge is 2.19. The van der Waals surface area contributed by atoms with Gasteiger partial charge in [0.25, 0.3) is 0 Å². The molecule has 0 bridgehead atoms. The van der Waals surface area contributed by atoms with E-state index in [1.807, 2.05) is 0 Å². The minimum atomic E-state index is -0.791. The predicted molar refractivity (Wildman–Crippen MR) is 274 cm³/mol. The second-order valence-electron chi connectivity index (χ2n) is 17.8. The van der Waals surface area contributed by atoms with E-state index in [2.05, 4.69) is 93.7 Å². The van der Waals surface area contributed by atoms with E-state index >= 15 is 0 Å². The SMILES string of the molecule is CCC/C=C\C/C=C\CCCCCCCC(=O)OC(COC(=O)CCCCCCC/C=C\CCCCC)COC(=O)CCCCCCCC/C=C\C/C=C\C/C=C\CCCCCCC. The molecule has 64 heavy (non-hydrogen) atoms. The lowest BCUT2D eigenvalue weighted by Gasteiger charge is -2.18. The van der Waals surface area contributed by atoms with Crippen molar-refractivity contribution in [2.45, 2.75) is 264 Å². The van der Waals surface area contributed by atoms with Crippen molar-refractivity contribution in [2.75, 3.05) is 13.2 Å². The average molecular weight is 893 g/mol. The van der Waals surface area contributed by atoms with Crippen LogP contribution >= 0.6 is 0 Å². The molecule has 0 aromatic carbocycles. The lowest BCUT2D eigenvalue weighted by molar-refractivity contribution is -0.167. The highest BCUT2D eigenvalue weighted by atomic mass is 16.6. The molecule has 0 aromatic heterocycles. The van der Waals surface area contributed by atoms with Gasteiger partial charge in [-0.15, -0.1) is 0 Å². The predicted octanol–water partition coefficient (Wildman–Crippen LogP) is 17.8. The summed E-state index contributed by atoms with van der Waals surface area (Å²) >= 11 is 0. The molecule has 0 fully saturated rings. The summed E-state index contributed by atoms with van der Waals surface area (Å²) in [6, 6.07) is 0. The Hall–Kier alpha value is -3.15. The zero-order valence-corrected chi connectivity index (χ0v) is 42.0. The molecule has 0 spiro atoms. The van der Waals surface area contributed by atoms with E-state index in [1.54, 1.807) is 0 Å². The molecule has 0 aromatic rings. The summed E-state index contributed by atoms with van der Waals surface area (Å²) in [5.74, 6) is -0.924. The molecule has 368 valence electrons. The first kappa shape index (κ1) is 60.9. The largest absolute Gasteiger partial charge is 0.462 e. The van der Waals surface area contributed by atoms with Crippen molar-refractivity contribution in [3.63, 3.8) is 0 Å². The van der Waals surface area contributed by atoms with E-state index in [4.69, 9.17) is 14.2 Å². The molecule has 0 heterocycles. The molecule has 1 atom stereocenters. The normalized spacial score (nSPS) is 12.6. The Labute approximate surface area is 395 Å². The van der Waals surface area contributed by atoms with Crippen molar-refractivity contribution in [1.29, 1.82) is 0 Å². The van der Waals surface area contributed by atoms with E-state index in [-0.39, 0.29) is 31.1 Å². The fraction of sp³-hybridized carbons (Fsp3) is 0.741. The fourth-order valence-corrected chi connectivity index (χ4v) is 7.30. The number of carbonyl (C=O) groups excluding carboxylic acids is 3. The van der Waals surface area contributed by atoms with Crippen LogP contribution in [0, 0.1) is 0 Å². The molecule has 0 saturated heterocycles. The van der Waals surface area contributed by atoms with Crippen LogP contribution in [-0.2, 0) is 28.6 Å². The maximum absolute atomic E-state index is 12.8. The van der Waals surface area contributed by atoms with Crippen LogP contribution in [0.2, 0.25) is 0 Å². The molecule has 0 aliphatic heterocycles. The van der Waals surface area contributed by atoms with Crippen LogP contribution in [0.3, 0.4) is 0 Å². The third kappa shape index (κ3) is 49.9. The van der Waals surface area contributed by atoms with Gasteiger partial charge in [0, 0.05) is 19.3 Å². The molecule has 0 N–H and O–H groups in total. The van der Waals surface area contributed by atoms with Gasteiger partial charge in [-0.3, -0.25) is 14.4 Å².